The summed E-state index contributed by atoms with van der Waals surface area (Å²) in [7, 11) is 0. The summed E-state index contributed by atoms with van der Waals surface area (Å²) >= 11 is 0. The van der Waals surface area contributed by atoms with Crippen molar-refractivity contribution in [1.29, 1.82) is 0 Å². The van der Waals surface area contributed by atoms with Gasteiger partial charge in [-0.2, -0.15) is 0 Å². The molecule has 0 spiro atoms. The van der Waals surface area contributed by atoms with Crippen LogP contribution in [0.4, 0.5) is 0 Å². The molecule has 0 fully saturated rings. The molecule has 0 aromatic heterocycles. The second kappa shape index (κ2) is 7.43. The van der Waals surface area contributed by atoms with Crippen LogP contribution in [0.25, 0.3) is 0 Å². The lowest BCUT2D eigenvalue weighted by Gasteiger charge is -2.14. The molecule has 0 saturated heterocycles. The number of nitrogens with one attached hydrogen (secondary N) is 1. The lowest BCUT2D eigenvalue weighted by molar-refractivity contribution is 0.0950. The van der Waals surface area contributed by atoms with E-state index in [-0.39, 0.29) is 24.4 Å². The number of rotatable bonds is 4. The first-order chi connectivity index (χ1) is 10.3. The summed E-state index contributed by atoms with van der Waals surface area (Å²) in [6, 6.07) is 15.7. The molecular formula is C18H21ClN2O. The van der Waals surface area contributed by atoms with Gasteiger partial charge in [-0.3, -0.25) is 4.79 Å². The Bertz CT molecular complexity index is 643. The lowest BCUT2D eigenvalue weighted by Crippen LogP contribution is -2.32. The number of fused-ring (bicyclic) bond motifs is 1. The Morgan fingerprint density at radius 2 is 1.86 bits per heavy atom. The van der Waals surface area contributed by atoms with Crippen LogP contribution in [-0.2, 0) is 12.8 Å². The van der Waals surface area contributed by atoms with E-state index in [4.69, 9.17) is 5.73 Å². The molecule has 1 amide bonds. The first-order valence-corrected chi connectivity index (χ1v) is 7.45. The molecule has 2 aromatic carbocycles. The molecule has 116 valence electrons. The summed E-state index contributed by atoms with van der Waals surface area (Å²) in [5, 5.41) is 2.96. The number of carbonyl (C=O) groups is 1. The molecule has 0 saturated carbocycles. The highest BCUT2D eigenvalue weighted by Gasteiger charge is 2.19. The predicted octanol–water partition coefficient (Wildman–Crippen LogP) is 3.03. The Morgan fingerprint density at radius 1 is 1.09 bits per heavy atom. The van der Waals surface area contributed by atoms with Gasteiger partial charge in [0.15, 0.2) is 0 Å². The number of nitrogens with two attached hydrogens (primary N) is 1. The third-order valence-electron chi connectivity index (χ3n) is 4.10. The second-order valence-electron chi connectivity index (χ2n) is 5.52. The van der Waals surface area contributed by atoms with Crippen LogP contribution in [0.5, 0.6) is 0 Å². The summed E-state index contributed by atoms with van der Waals surface area (Å²) in [6.45, 7) is 0.451. The Balaban J connectivity index is 0.00000176. The Labute approximate surface area is 137 Å². The van der Waals surface area contributed by atoms with Gasteiger partial charge in [-0.05, 0) is 42.0 Å². The van der Waals surface area contributed by atoms with Crippen LogP contribution >= 0.6 is 12.4 Å². The molecule has 22 heavy (non-hydrogen) atoms. The van der Waals surface area contributed by atoms with Crippen LogP contribution in [0.1, 0.15) is 39.5 Å². The molecule has 1 aliphatic carbocycles. The van der Waals surface area contributed by atoms with E-state index in [0.29, 0.717) is 6.54 Å². The molecule has 2 aromatic rings. The molecule has 0 heterocycles. The maximum absolute atomic E-state index is 12.4. The predicted molar refractivity (Wildman–Crippen MR) is 91.4 cm³/mol. The van der Waals surface area contributed by atoms with Crippen LogP contribution in [0.3, 0.4) is 0 Å². The minimum Gasteiger partial charge on any atom is -0.350 e. The summed E-state index contributed by atoms with van der Waals surface area (Å²) in [5.41, 5.74) is 10.5. The molecule has 4 heteroatoms. The van der Waals surface area contributed by atoms with E-state index in [1.807, 2.05) is 42.5 Å². The fourth-order valence-electron chi connectivity index (χ4n) is 2.95. The molecule has 1 unspecified atom stereocenters. The monoisotopic (exact) mass is 316 g/mol. The first-order valence-electron chi connectivity index (χ1n) is 7.45. The minimum absolute atomic E-state index is 0. The summed E-state index contributed by atoms with van der Waals surface area (Å²) < 4.78 is 0. The zero-order valence-electron chi connectivity index (χ0n) is 12.4. The largest absolute Gasteiger partial charge is 0.350 e. The number of aryl methyl sites for hydroxylation is 1. The molecule has 0 aliphatic heterocycles. The van der Waals surface area contributed by atoms with E-state index in [0.717, 1.165) is 30.4 Å². The van der Waals surface area contributed by atoms with Gasteiger partial charge >= 0.3 is 0 Å². The number of hydrogen-bond acceptors (Lipinski definition) is 2. The summed E-state index contributed by atoms with van der Waals surface area (Å²) in [4.78, 5) is 12.4. The van der Waals surface area contributed by atoms with Gasteiger partial charge in [-0.1, -0.05) is 42.5 Å². The van der Waals surface area contributed by atoms with Gasteiger partial charge in [-0.25, -0.2) is 0 Å². The SMILES string of the molecule is Cl.NC(CNC(=O)c1cccc2c1CCC2)c1ccccc1. The fraction of sp³-hybridized carbons (Fsp3) is 0.278. The zero-order valence-corrected chi connectivity index (χ0v) is 13.2. The summed E-state index contributed by atoms with van der Waals surface area (Å²) in [5.74, 6) is -0.0138. The van der Waals surface area contributed by atoms with Crippen molar-refractivity contribution in [2.45, 2.75) is 25.3 Å². The van der Waals surface area contributed by atoms with E-state index in [9.17, 15) is 4.79 Å². The van der Waals surface area contributed by atoms with Crippen LogP contribution in [-0.4, -0.2) is 12.5 Å². The zero-order chi connectivity index (χ0) is 14.7. The fourth-order valence-corrected chi connectivity index (χ4v) is 2.95. The molecule has 3 N–H and O–H groups in total. The number of benzene rings is 2. The van der Waals surface area contributed by atoms with Gasteiger partial charge in [0.25, 0.3) is 5.91 Å². The molecule has 0 radical (unpaired) electrons. The average molecular weight is 317 g/mol. The molecule has 1 aliphatic rings. The van der Waals surface area contributed by atoms with Crippen molar-refractivity contribution in [3.8, 4) is 0 Å². The number of hydrogen-bond donors (Lipinski definition) is 2. The van der Waals surface area contributed by atoms with Gasteiger partial charge in [-0.15, -0.1) is 12.4 Å². The van der Waals surface area contributed by atoms with Crippen molar-refractivity contribution >= 4 is 18.3 Å². The van der Waals surface area contributed by atoms with Crippen molar-refractivity contribution in [3.63, 3.8) is 0 Å². The van der Waals surface area contributed by atoms with Gasteiger partial charge in [0.2, 0.25) is 0 Å². The molecule has 1 atom stereocenters. The smallest absolute Gasteiger partial charge is 0.251 e. The molecule has 3 rings (SSSR count). The second-order valence-corrected chi connectivity index (χ2v) is 5.52. The quantitative estimate of drug-likeness (QED) is 0.911. The average Bonchev–Trinajstić information content (AvgIpc) is 3.01. The van der Waals surface area contributed by atoms with Gasteiger partial charge in [0.1, 0.15) is 0 Å². The van der Waals surface area contributed by atoms with Gasteiger partial charge in [0.05, 0.1) is 0 Å². The topological polar surface area (TPSA) is 55.1 Å². The standard InChI is InChI=1S/C18H20N2O.ClH/c19-17(14-6-2-1-3-7-14)12-20-18(21)16-11-5-9-13-8-4-10-15(13)16;/h1-3,5-7,9,11,17H,4,8,10,12,19H2,(H,20,21);1H. The van der Waals surface area contributed by atoms with Crippen LogP contribution in [0, 0.1) is 0 Å². The van der Waals surface area contributed by atoms with Crippen LogP contribution in [0.15, 0.2) is 48.5 Å². The number of carbonyl (C=O) groups excluding carboxylic acids is 1. The third kappa shape index (κ3) is 3.49. The van der Waals surface area contributed by atoms with Crippen molar-refractivity contribution in [2.24, 2.45) is 5.73 Å². The van der Waals surface area contributed by atoms with E-state index >= 15 is 0 Å². The molecule has 0 bridgehead atoms. The van der Waals surface area contributed by atoms with E-state index < -0.39 is 0 Å². The van der Waals surface area contributed by atoms with E-state index in [2.05, 4.69) is 11.4 Å². The van der Waals surface area contributed by atoms with Crippen molar-refractivity contribution in [2.75, 3.05) is 6.54 Å². The maximum atomic E-state index is 12.4. The van der Waals surface area contributed by atoms with Gasteiger partial charge in [0, 0.05) is 18.2 Å². The van der Waals surface area contributed by atoms with Crippen molar-refractivity contribution in [1.82, 2.24) is 5.32 Å². The minimum atomic E-state index is -0.174. The van der Waals surface area contributed by atoms with E-state index in [1.54, 1.807) is 0 Å². The van der Waals surface area contributed by atoms with E-state index in [1.165, 1.54) is 11.1 Å². The lowest BCUT2D eigenvalue weighted by atomic mass is 10.0. The van der Waals surface area contributed by atoms with Gasteiger partial charge < -0.3 is 11.1 Å². The number of halogens is 1. The Kier molecular flexibility index (Phi) is 5.58. The van der Waals surface area contributed by atoms with Crippen molar-refractivity contribution < 1.29 is 4.79 Å². The van der Waals surface area contributed by atoms with Crippen molar-refractivity contribution in [3.05, 3.63) is 70.8 Å². The molecule has 3 nitrogen and oxygen atoms in total. The summed E-state index contributed by atoms with van der Waals surface area (Å²) in [6.07, 6.45) is 3.23. The maximum Gasteiger partial charge on any atom is 0.251 e. The highest BCUT2D eigenvalue weighted by molar-refractivity contribution is 5.96. The number of amides is 1. The van der Waals surface area contributed by atoms with Crippen LogP contribution in [0.2, 0.25) is 0 Å². The highest BCUT2D eigenvalue weighted by Crippen LogP contribution is 2.25. The van der Waals surface area contributed by atoms with Crippen LogP contribution < -0.4 is 11.1 Å². The third-order valence-corrected chi connectivity index (χ3v) is 4.10. The normalized spacial score (nSPS) is 13.9. The Morgan fingerprint density at radius 3 is 2.64 bits per heavy atom. The first kappa shape index (κ1) is 16.5. The highest BCUT2D eigenvalue weighted by atomic mass is 35.5. The Hall–Kier alpha value is -1.84. The molecular weight excluding hydrogens is 296 g/mol.